The monoisotopic (exact) mass is 180 g/mol. The Balaban J connectivity index is 2.19. The first kappa shape index (κ1) is 5.78. The van der Waals surface area contributed by atoms with Crippen molar-refractivity contribution in [3.63, 3.8) is 0 Å². The number of rotatable bonds is 2. The SMILES string of the molecule is CCO[CH2][Sb]. The van der Waals surface area contributed by atoms with Crippen LogP contribution in [0.2, 0.25) is 0 Å². The van der Waals surface area contributed by atoms with Crippen LogP contribution in [0.15, 0.2) is 0 Å². The van der Waals surface area contributed by atoms with Crippen LogP contribution in [0.25, 0.3) is 0 Å². The zero-order valence-corrected chi connectivity index (χ0v) is 5.82. The fourth-order valence-corrected chi connectivity index (χ4v) is 0.612. The Bertz CT molecular complexity index is 14.4. The van der Waals surface area contributed by atoms with Crippen LogP contribution in [0.5, 0.6) is 0 Å². The summed E-state index contributed by atoms with van der Waals surface area (Å²) in [5, 5.41) is 0. The van der Waals surface area contributed by atoms with Crippen molar-refractivity contribution in [1.82, 2.24) is 0 Å². The van der Waals surface area contributed by atoms with Gasteiger partial charge in [-0.3, -0.25) is 0 Å². The van der Waals surface area contributed by atoms with Gasteiger partial charge in [-0.1, -0.05) is 0 Å². The molecule has 0 N–H and O–H groups in total. The zero-order valence-electron chi connectivity index (χ0n) is 3.27. The predicted molar refractivity (Wildman–Crippen MR) is 22.2 cm³/mol. The van der Waals surface area contributed by atoms with E-state index in [-0.39, 0.29) is 0 Å². The number of hydrogen-bond donors (Lipinski definition) is 0. The molecule has 0 unspecified atom stereocenters. The molecule has 0 spiro atoms. The van der Waals surface area contributed by atoms with Gasteiger partial charge in [-0.15, -0.1) is 0 Å². The van der Waals surface area contributed by atoms with E-state index in [2.05, 4.69) is 0 Å². The van der Waals surface area contributed by atoms with Crippen LogP contribution in [0, 0.1) is 0 Å². The van der Waals surface area contributed by atoms with Crippen molar-refractivity contribution in [3.8, 4) is 0 Å². The van der Waals surface area contributed by atoms with Crippen LogP contribution in [-0.4, -0.2) is 34.2 Å². The molecule has 0 aliphatic carbocycles. The van der Waals surface area contributed by atoms with Gasteiger partial charge < -0.3 is 0 Å². The standard InChI is InChI=1S/C3H7O.Sb/c1-3-4-2;/h2-3H2,1H3;. The average molecular weight is 181 g/mol. The second kappa shape index (κ2) is 4.78. The van der Waals surface area contributed by atoms with Crippen molar-refractivity contribution in [2.24, 2.45) is 0 Å². The summed E-state index contributed by atoms with van der Waals surface area (Å²) in [6, 6.07) is 0. The van der Waals surface area contributed by atoms with Crippen molar-refractivity contribution >= 4 is 23.0 Å². The Morgan fingerprint density at radius 1 is 1.80 bits per heavy atom. The zero-order chi connectivity index (χ0) is 4.12. The fraction of sp³-hybridized carbons (Fsp3) is 1.00. The van der Waals surface area contributed by atoms with Gasteiger partial charge in [0, 0.05) is 0 Å². The molecule has 0 heterocycles. The molecule has 0 saturated heterocycles. The van der Waals surface area contributed by atoms with Gasteiger partial charge in [-0.25, -0.2) is 0 Å². The van der Waals surface area contributed by atoms with Gasteiger partial charge in [0.1, 0.15) is 0 Å². The van der Waals surface area contributed by atoms with Crippen molar-refractivity contribution in [2.75, 3.05) is 11.2 Å². The summed E-state index contributed by atoms with van der Waals surface area (Å²) >= 11 is 1.70. The Hall–Kier alpha value is 0.778. The van der Waals surface area contributed by atoms with Gasteiger partial charge in [0.05, 0.1) is 0 Å². The second-order valence-corrected chi connectivity index (χ2v) is 1.36. The first-order valence-corrected chi connectivity index (χ1v) is 3.41. The molecule has 0 amide bonds. The third kappa shape index (κ3) is 4.78. The average Bonchev–Trinajstić information content (AvgIpc) is 1.41. The molecule has 0 aromatic carbocycles. The maximum atomic E-state index is 4.86. The molecule has 2 heteroatoms. The van der Waals surface area contributed by atoms with E-state index in [4.69, 9.17) is 4.74 Å². The van der Waals surface area contributed by atoms with Gasteiger partial charge in [-0.2, -0.15) is 0 Å². The third-order valence-electron chi connectivity index (χ3n) is 0.295. The van der Waals surface area contributed by atoms with E-state index < -0.39 is 0 Å². The molecule has 2 radical (unpaired) electrons. The summed E-state index contributed by atoms with van der Waals surface area (Å²) in [7, 11) is 0. The topological polar surface area (TPSA) is 9.23 Å². The molecule has 0 aromatic heterocycles. The van der Waals surface area contributed by atoms with Gasteiger partial charge >= 0.3 is 45.8 Å². The minimum absolute atomic E-state index is 0.856. The van der Waals surface area contributed by atoms with Gasteiger partial charge in [-0.05, 0) is 0 Å². The van der Waals surface area contributed by atoms with E-state index in [9.17, 15) is 0 Å². The normalized spacial score (nSPS) is 8.40. The van der Waals surface area contributed by atoms with Gasteiger partial charge in [0.25, 0.3) is 0 Å². The van der Waals surface area contributed by atoms with Gasteiger partial charge in [0.2, 0.25) is 0 Å². The molecule has 1 nitrogen and oxygen atoms in total. The van der Waals surface area contributed by atoms with Crippen molar-refractivity contribution in [3.05, 3.63) is 0 Å². The van der Waals surface area contributed by atoms with Crippen LogP contribution in [-0.2, 0) is 4.74 Å². The summed E-state index contributed by atoms with van der Waals surface area (Å²) < 4.78 is 5.75. The first-order valence-electron chi connectivity index (χ1n) is 1.60. The second-order valence-electron chi connectivity index (χ2n) is 0.622. The van der Waals surface area contributed by atoms with Crippen molar-refractivity contribution in [2.45, 2.75) is 6.92 Å². The number of hydrogen-bond acceptors (Lipinski definition) is 1. The summed E-state index contributed by atoms with van der Waals surface area (Å²) in [5.41, 5.74) is 0. The molecular formula is C3H7OSb. The Kier molecular flexibility index (Phi) is 5.52. The predicted octanol–water partition coefficient (Wildman–Crippen LogP) is 0.149. The van der Waals surface area contributed by atoms with Crippen LogP contribution < -0.4 is 0 Å². The first-order chi connectivity index (χ1) is 2.41. The molecular weight excluding hydrogens is 174 g/mol. The third-order valence-corrected chi connectivity index (χ3v) is 0.816. The van der Waals surface area contributed by atoms with E-state index in [1.807, 2.05) is 6.92 Å². The van der Waals surface area contributed by atoms with Crippen LogP contribution >= 0.6 is 0 Å². The molecule has 30 valence electrons. The summed E-state index contributed by atoms with van der Waals surface area (Å²) in [6.07, 6.45) is 0. The Labute approximate surface area is 46.2 Å². The van der Waals surface area contributed by atoms with E-state index in [1.54, 1.807) is 23.0 Å². The van der Waals surface area contributed by atoms with Gasteiger partial charge in [0.15, 0.2) is 0 Å². The van der Waals surface area contributed by atoms with Crippen LogP contribution in [0.3, 0.4) is 0 Å². The molecule has 0 saturated carbocycles. The fourth-order valence-electron chi connectivity index (χ4n) is 0.0913. The molecule has 0 rings (SSSR count). The summed E-state index contributed by atoms with van der Waals surface area (Å²) in [6.45, 7) is 2.85. The quantitative estimate of drug-likeness (QED) is 0.550. The Morgan fingerprint density at radius 2 is 2.40 bits per heavy atom. The molecule has 5 heavy (non-hydrogen) atoms. The molecule has 0 aliphatic heterocycles. The van der Waals surface area contributed by atoms with E-state index >= 15 is 0 Å². The molecule has 0 aromatic rings. The number of ether oxygens (including phenoxy) is 1. The van der Waals surface area contributed by atoms with E-state index in [0.717, 1.165) is 11.2 Å². The molecule has 0 fully saturated rings. The van der Waals surface area contributed by atoms with Crippen molar-refractivity contribution < 1.29 is 4.74 Å². The van der Waals surface area contributed by atoms with Crippen LogP contribution in [0.4, 0.5) is 0 Å². The Morgan fingerprint density at radius 3 is 2.40 bits per heavy atom. The molecule has 0 atom stereocenters. The van der Waals surface area contributed by atoms with E-state index in [0.29, 0.717) is 0 Å². The minimum atomic E-state index is 0.856. The summed E-state index contributed by atoms with van der Waals surface area (Å²) in [5.74, 6) is 0. The van der Waals surface area contributed by atoms with Crippen molar-refractivity contribution in [1.29, 1.82) is 0 Å². The molecule has 0 bridgehead atoms. The van der Waals surface area contributed by atoms with E-state index in [1.165, 1.54) is 0 Å². The maximum absolute atomic E-state index is 4.86. The molecule has 0 aliphatic rings. The summed E-state index contributed by atoms with van der Waals surface area (Å²) in [4.78, 5) is 0. The van der Waals surface area contributed by atoms with Crippen LogP contribution in [0.1, 0.15) is 6.92 Å².